The Bertz CT molecular complexity index is 875. The summed E-state index contributed by atoms with van der Waals surface area (Å²) in [5.74, 6) is 0.173. The molecule has 2 rings (SSSR count). The van der Waals surface area contributed by atoms with Crippen LogP contribution in [-0.4, -0.2) is 25.2 Å². The number of methoxy groups -OCH3 is 1. The van der Waals surface area contributed by atoms with Crippen molar-refractivity contribution in [3.8, 4) is 5.75 Å². The minimum absolute atomic E-state index is 0.0820. The van der Waals surface area contributed by atoms with Gasteiger partial charge in [-0.1, -0.05) is 77.4 Å². The highest BCUT2D eigenvalue weighted by Crippen LogP contribution is 2.31. The molecule has 2 aromatic carbocycles. The van der Waals surface area contributed by atoms with Gasteiger partial charge >= 0.3 is 6.09 Å². The molecular weight excluding hydrogens is 392 g/mol. The molecule has 0 spiro atoms. The maximum absolute atomic E-state index is 13.1. The molecule has 0 heterocycles. The Morgan fingerprint density at radius 3 is 2.32 bits per heavy atom. The minimum Gasteiger partial charge on any atom is -0.495 e. The number of carbonyl (C=O) groups is 2. The van der Waals surface area contributed by atoms with Gasteiger partial charge in [-0.05, 0) is 34.6 Å². The Morgan fingerprint density at radius 2 is 1.74 bits per heavy atom. The number of alkyl carbamates (subject to hydrolysis) is 1. The molecule has 31 heavy (non-hydrogen) atoms. The summed E-state index contributed by atoms with van der Waals surface area (Å²) in [6.45, 7) is 10.3. The molecule has 168 valence electrons. The van der Waals surface area contributed by atoms with Crippen molar-refractivity contribution >= 4 is 17.7 Å². The van der Waals surface area contributed by atoms with Gasteiger partial charge < -0.3 is 20.1 Å². The Hall–Kier alpha value is -3.02. The third-order valence-electron chi connectivity index (χ3n) is 5.30. The summed E-state index contributed by atoms with van der Waals surface area (Å²) in [5, 5.41) is 5.66. The number of amides is 2. The number of nitrogens with one attached hydrogen (secondary N) is 2. The lowest BCUT2D eigenvalue weighted by Crippen LogP contribution is -2.47. The molecular formula is C25H34N2O4. The highest BCUT2D eigenvalue weighted by molar-refractivity contribution is 5.98. The van der Waals surface area contributed by atoms with Gasteiger partial charge in [-0.3, -0.25) is 4.79 Å². The van der Waals surface area contributed by atoms with Crippen molar-refractivity contribution in [3.63, 3.8) is 0 Å². The number of hydrogen-bond donors (Lipinski definition) is 2. The van der Waals surface area contributed by atoms with Crippen LogP contribution in [0.3, 0.4) is 0 Å². The molecule has 0 saturated heterocycles. The van der Waals surface area contributed by atoms with Gasteiger partial charge in [0.05, 0.1) is 12.8 Å². The van der Waals surface area contributed by atoms with E-state index in [0.29, 0.717) is 11.4 Å². The van der Waals surface area contributed by atoms with Crippen LogP contribution in [-0.2, 0) is 21.6 Å². The van der Waals surface area contributed by atoms with Crippen LogP contribution in [0.5, 0.6) is 5.75 Å². The SMILES string of the molecule is CC[C@H](C)[C@H](NC(=O)OCc1ccccc1)C(=O)Nc1cc(C(C)(C)C)ccc1OC. The van der Waals surface area contributed by atoms with Crippen LogP contribution in [0, 0.1) is 5.92 Å². The van der Waals surface area contributed by atoms with E-state index in [1.54, 1.807) is 7.11 Å². The van der Waals surface area contributed by atoms with E-state index >= 15 is 0 Å². The van der Waals surface area contributed by atoms with Crippen molar-refractivity contribution < 1.29 is 19.1 Å². The van der Waals surface area contributed by atoms with Crippen molar-refractivity contribution in [2.24, 2.45) is 5.92 Å². The normalized spacial score (nSPS) is 13.1. The number of carbonyl (C=O) groups excluding carboxylic acids is 2. The summed E-state index contributed by atoms with van der Waals surface area (Å²) >= 11 is 0. The van der Waals surface area contributed by atoms with Crippen LogP contribution >= 0.6 is 0 Å². The molecule has 6 heteroatoms. The standard InChI is InChI=1S/C25H34N2O4/c1-7-17(2)22(27-24(29)31-16-18-11-9-8-10-12-18)23(28)26-20-15-19(25(3,4)5)13-14-21(20)30-6/h8-15,17,22H,7,16H2,1-6H3,(H,26,28)(H,27,29)/t17-,22-/m0/s1. The summed E-state index contributed by atoms with van der Waals surface area (Å²) in [7, 11) is 1.56. The first kappa shape index (κ1) is 24.3. The number of hydrogen-bond acceptors (Lipinski definition) is 4. The van der Waals surface area contributed by atoms with Gasteiger partial charge in [-0.15, -0.1) is 0 Å². The zero-order valence-electron chi connectivity index (χ0n) is 19.3. The molecule has 0 bridgehead atoms. The average molecular weight is 427 g/mol. The van der Waals surface area contributed by atoms with Gasteiger partial charge in [0.2, 0.25) is 5.91 Å². The Balaban J connectivity index is 2.13. The highest BCUT2D eigenvalue weighted by Gasteiger charge is 2.28. The number of rotatable bonds is 8. The Labute approximate surface area is 185 Å². The van der Waals surface area contributed by atoms with Gasteiger partial charge in [0.15, 0.2) is 0 Å². The molecule has 0 unspecified atom stereocenters. The summed E-state index contributed by atoms with van der Waals surface area (Å²) in [5.41, 5.74) is 2.44. The topological polar surface area (TPSA) is 76.7 Å². The van der Waals surface area contributed by atoms with Crippen LogP contribution in [0.4, 0.5) is 10.5 Å². The van der Waals surface area contributed by atoms with E-state index in [-0.39, 0.29) is 23.8 Å². The van der Waals surface area contributed by atoms with Crippen LogP contribution in [0.25, 0.3) is 0 Å². The van der Waals surface area contributed by atoms with Gasteiger partial charge in [-0.2, -0.15) is 0 Å². The molecule has 2 aromatic rings. The molecule has 2 atom stereocenters. The molecule has 0 fully saturated rings. The third kappa shape index (κ3) is 7.02. The second kappa shape index (κ2) is 10.8. The maximum Gasteiger partial charge on any atom is 0.408 e. The zero-order valence-corrected chi connectivity index (χ0v) is 19.3. The Kier molecular flexibility index (Phi) is 8.48. The zero-order chi connectivity index (χ0) is 23.0. The first-order valence-corrected chi connectivity index (χ1v) is 10.6. The van der Waals surface area contributed by atoms with Crippen molar-refractivity contribution in [3.05, 3.63) is 59.7 Å². The van der Waals surface area contributed by atoms with E-state index in [0.717, 1.165) is 17.5 Å². The van der Waals surface area contributed by atoms with Gasteiger partial charge in [0, 0.05) is 0 Å². The minimum atomic E-state index is -0.740. The third-order valence-corrected chi connectivity index (χ3v) is 5.30. The lowest BCUT2D eigenvalue weighted by atomic mass is 9.86. The molecule has 2 N–H and O–H groups in total. The monoisotopic (exact) mass is 426 g/mol. The average Bonchev–Trinajstić information content (AvgIpc) is 2.75. The molecule has 0 aliphatic heterocycles. The summed E-state index contributed by atoms with van der Waals surface area (Å²) in [6, 6.07) is 14.4. The van der Waals surface area contributed by atoms with E-state index in [4.69, 9.17) is 9.47 Å². The second-order valence-corrected chi connectivity index (χ2v) is 8.72. The van der Waals surface area contributed by atoms with Gasteiger partial charge in [-0.25, -0.2) is 4.79 Å². The summed E-state index contributed by atoms with van der Waals surface area (Å²) in [6.07, 6.45) is 0.0932. The van der Waals surface area contributed by atoms with Gasteiger partial charge in [0.25, 0.3) is 0 Å². The fourth-order valence-corrected chi connectivity index (χ4v) is 3.08. The summed E-state index contributed by atoms with van der Waals surface area (Å²) in [4.78, 5) is 25.5. The molecule has 6 nitrogen and oxygen atoms in total. The van der Waals surface area contributed by atoms with Crippen LogP contribution in [0.2, 0.25) is 0 Å². The molecule has 2 amide bonds. The van der Waals surface area contributed by atoms with Gasteiger partial charge in [0.1, 0.15) is 18.4 Å². The van der Waals surface area contributed by atoms with Crippen molar-refractivity contribution in [2.45, 2.75) is 59.1 Å². The van der Waals surface area contributed by atoms with Crippen molar-refractivity contribution in [2.75, 3.05) is 12.4 Å². The van der Waals surface area contributed by atoms with Crippen LogP contribution in [0.1, 0.15) is 52.2 Å². The lowest BCUT2D eigenvalue weighted by Gasteiger charge is -2.25. The van der Waals surface area contributed by atoms with E-state index < -0.39 is 12.1 Å². The van der Waals surface area contributed by atoms with Crippen molar-refractivity contribution in [1.82, 2.24) is 5.32 Å². The largest absolute Gasteiger partial charge is 0.495 e. The second-order valence-electron chi connectivity index (χ2n) is 8.72. The lowest BCUT2D eigenvalue weighted by molar-refractivity contribution is -0.119. The summed E-state index contributed by atoms with van der Waals surface area (Å²) < 4.78 is 10.7. The van der Waals surface area contributed by atoms with E-state index in [1.165, 1.54) is 0 Å². The Morgan fingerprint density at radius 1 is 1.06 bits per heavy atom. The number of benzene rings is 2. The first-order chi connectivity index (χ1) is 14.7. The fourth-order valence-electron chi connectivity index (χ4n) is 3.08. The van der Waals surface area contributed by atoms with Crippen LogP contribution in [0.15, 0.2) is 48.5 Å². The predicted molar refractivity (Wildman–Crippen MR) is 123 cm³/mol. The molecule has 0 aromatic heterocycles. The smallest absolute Gasteiger partial charge is 0.408 e. The van der Waals surface area contributed by atoms with E-state index in [2.05, 4.69) is 31.4 Å². The van der Waals surface area contributed by atoms with Crippen LogP contribution < -0.4 is 15.4 Å². The van der Waals surface area contributed by atoms with Crippen molar-refractivity contribution in [1.29, 1.82) is 0 Å². The number of ether oxygens (including phenoxy) is 2. The van der Waals surface area contributed by atoms with E-state index in [9.17, 15) is 9.59 Å². The highest BCUT2D eigenvalue weighted by atomic mass is 16.5. The fraction of sp³-hybridized carbons (Fsp3) is 0.440. The quantitative estimate of drug-likeness (QED) is 0.603. The molecule has 0 aliphatic carbocycles. The predicted octanol–water partition coefficient (Wildman–Crippen LogP) is 5.27. The number of anilines is 1. The first-order valence-electron chi connectivity index (χ1n) is 10.6. The molecule has 0 aliphatic rings. The molecule has 0 radical (unpaired) electrons. The van der Waals surface area contributed by atoms with E-state index in [1.807, 2.05) is 62.4 Å². The molecule has 0 saturated carbocycles. The maximum atomic E-state index is 13.1.